The first kappa shape index (κ1) is 11.4. The molecule has 16 heavy (non-hydrogen) atoms. The van der Waals surface area contributed by atoms with Crippen molar-refractivity contribution in [1.82, 2.24) is 0 Å². The van der Waals surface area contributed by atoms with Crippen LogP contribution in [0.1, 0.15) is 15.8 Å². The quantitative estimate of drug-likeness (QED) is 0.747. The van der Waals surface area contributed by atoms with Gasteiger partial charge in [0.1, 0.15) is 11.6 Å². The molecule has 0 fully saturated rings. The highest BCUT2D eigenvalue weighted by Gasteiger charge is 2.13. The molecule has 0 spiro atoms. The fourth-order valence-electron chi connectivity index (χ4n) is 1.37. The zero-order valence-corrected chi connectivity index (χ0v) is 10.2. The minimum Gasteiger partial charge on any atom is -0.496 e. The van der Waals surface area contributed by atoms with Gasteiger partial charge in [0.2, 0.25) is 0 Å². The largest absolute Gasteiger partial charge is 0.496 e. The van der Waals surface area contributed by atoms with E-state index in [1.54, 1.807) is 19.2 Å². The van der Waals surface area contributed by atoms with Crippen LogP contribution in [0.15, 0.2) is 35.7 Å². The van der Waals surface area contributed by atoms with Crippen LogP contribution in [0.25, 0.3) is 0 Å². The van der Waals surface area contributed by atoms with E-state index < -0.39 is 0 Å². The zero-order valence-electron chi connectivity index (χ0n) is 8.61. The number of hydrogen-bond donors (Lipinski definition) is 0. The van der Waals surface area contributed by atoms with Gasteiger partial charge in [-0.1, -0.05) is 12.1 Å². The van der Waals surface area contributed by atoms with E-state index in [2.05, 4.69) is 0 Å². The van der Waals surface area contributed by atoms with E-state index in [4.69, 9.17) is 16.3 Å². The molecule has 1 heterocycles. The van der Waals surface area contributed by atoms with Gasteiger partial charge in [-0.2, -0.15) is 0 Å². The second-order valence-corrected chi connectivity index (χ2v) is 4.68. The van der Waals surface area contributed by atoms with Gasteiger partial charge in [0, 0.05) is 10.3 Å². The third-order valence-corrected chi connectivity index (χ3v) is 3.84. The van der Waals surface area contributed by atoms with Gasteiger partial charge in [-0.25, -0.2) is 4.39 Å². The van der Waals surface area contributed by atoms with Gasteiger partial charge >= 0.3 is 0 Å². The van der Waals surface area contributed by atoms with Crippen LogP contribution >= 0.6 is 22.9 Å². The molecule has 0 aliphatic rings. The van der Waals surface area contributed by atoms with Gasteiger partial charge in [-0.05, 0) is 23.8 Å². The first-order chi connectivity index (χ1) is 7.70. The van der Waals surface area contributed by atoms with Gasteiger partial charge in [0.25, 0.3) is 0 Å². The van der Waals surface area contributed by atoms with Crippen LogP contribution in [0, 0.1) is 5.82 Å². The summed E-state index contributed by atoms with van der Waals surface area (Å²) in [6.07, 6.45) is 0. The summed E-state index contributed by atoms with van der Waals surface area (Å²) in [5.74, 6) is 0.545. The Morgan fingerprint density at radius 1 is 1.31 bits per heavy atom. The second kappa shape index (κ2) is 4.85. The molecule has 0 aliphatic heterocycles. The van der Waals surface area contributed by atoms with Crippen LogP contribution in [0.4, 0.5) is 4.39 Å². The van der Waals surface area contributed by atoms with Gasteiger partial charge in [-0.15, -0.1) is 22.9 Å². The fourth-order valence-corrected chi connectivity index (χ4v) is 2.59. The monoisotopic (exact) mass is 256 g/mol. The highest BCUT2D eigenvalue weighted by molar-refractivity contribution is 7.10. The van der Waals surface area contributed by atoms with Crippen LogP contribution in [0.5, 0.6) is 5.75 Å². The number of benzene rings is 1. The van der Waals surface area contributed by atoms with Crippen LogP contribution in [-0.2, 0) is 0 Å². The smallest absolute Gasteiger partial charge is 0.129 e. The average Bonchev–Trinajstić information content (AvgIpc) is 2.77. The summed E-state index contributed by atoms with van der Waals surface area (Å²) in [4.78, 5) is 0.991. The minimum atomic E-state index is -0.255. The predicted molar refractivity (Wildman–Crippen MR) is 65.0 cm³/mol. The van der Waals surface area contributed by atoms with Gasteiger partial charge in [-0.3, -0.25) is 0 Å². The SMILES string of the molecule is COc1csc(C(Cl)c2ccc(F)cc2)c1. The van der Waals surface area contributed by atoms with Crippen molar-refractivity contribution in [1.29, 1.82) is 0 Å². The minimum absolute atomic E-state index is 0.253. The van der Waals surface area contributed by atoms with Crippen molar-refractivity contribution < 1.29 is 9.13 Å². The Bertz CT molecular complexity index is 466. The third kappa shape index (κ3) is 2.36. The molecular weight excluding hydrogens is 247 g/mol. The lowest BCUT2D eigenvalue weighted by atomic mass is 10.1. The summed E-state index contributed by atoms with van der Waals surface area (Å²) < 4.78 is 17.8. The maximum absolute atomic E-state index is 12.8. The van der Waals surface area contributed by atoms with Crippen molar-refractivity contribution in [3.63, 3.8) is 0 Å². The molecule has 1 aromatic heterocycles. The number of hydrogen-bond acceptors (Lipinski definition) is 2. The summed E-state index contributed by atoms with van der Waals surface area (Å²) in [5, 5.41) is 1.64. The Labute approximate surface area is 102 Å². The molecular formula is C12H10ClFOS. The first-order valence-corrected chi connectivity index (χ1v) is 6.04. The van der Waals surface area contributed by atoms with Gasteiger partial charge in [0.15, 0.2) is 0 Å². The van der Waals surface area contributed by atoms with Crippen LogP contribution in [-0.4, -0.2) is 7.11 Å². The molecule has 1 nitrogen and oxygen atoms in total. The molecule has 0 amide bonds. The van der Waals surface area contributed by atoms with E-state index >= 15 is 0 Å². The lowest BCUT2D eigenvalue weighted by molar-refractivity contribution is 0.416. The highest BCUT2D eigenvalue weighted by Crippen LogP contribution is 2.35. The van der Waals surface area contributed by atoms with Crippen LogP contribution in [0.2, 0.25) is 0 Å². The van der Waals surface area contributed by atoms with E-state index in [0.717, 1.165) is 16.2 Å². The van der Waals surface area contributed by atoms with Crippen LogP contribution in [0.3, 0.4) is 0 Å². The Morgan fingerprint density at radius 2 is 2.00 bits per heavy atom. The second-order valence-electron chi connectivity index (χ2n) is 3.30. The molecule has 0 saturated heterocycles. The normalized spacial score (nSPS) is 12.4. The topological polar surface area (TPSA) is 9.23 Å². The molecule has 0 radical (unpaired) electrons. The number of methoxy groups -OCH3 is 1. The van der Waals surface area contributed by atoms with Crippen molar-refractivity contribution in [3.05, 3.63) is 52.0 Å². The zero-order chi connectivity index (χ0) is 11.5. The molecule has 1 aromatic carbocycles. The summed E-state index contributed by atoms with van der Waals surface area (Å²) in [7, 11) is 1.62. The Kier molecular flexibility index (Phi) is 3.46. The summed E-state index contributed by atoms with van der Waals surface area (Å²) in [6, 6.07) is 8.11. The summed E-state index contributed by atoms with van der Waals surface area (Å²) in [6.45, 7) is 0. The van der Waals surface area contributed by atoms with Gasteiger partial charge in [0.05, 0.1) is 12.5 Å². The molecule has 84 valence electrons. The number of thiophene rings is 1. The van der Waals surface area contributed by atoms with Crippen molar-refractivity contribution in [2.45, 2.75) is 5.38 Å². The highest BCUT2D eigenvalue weighted by atomic mass is 35.5. The lowest BCUT2D eigenvalue weighted by Gasteiger charge is -2.06. The third-order valence-electron chi connectivity index (χ3n) is 2.24. The maximum Gasteiger partial charge on any atom is 0.129 e. The van der Waals surface area contributed by atoms with E-state index in [1.807, 2.05) is 11.4 Å². The van der Waals surface area contributed by atoms with Crippen LogP contribution < -0.4 is 4.74 Å². The molecule has 2 rings (SSSR count). The number of rotatable bonds is 3. The molecule has 0 aliphatic carbocycles. The van der Waals surface area contributed by atoms with E-state index in [9.17, 15) is 4.39 Å². The molecule has 0 N–H and O–H groups in total. The molecule has 2 aromatic rings. The molecule has 4 heteroatoms. The standard InChI is InChI=1S/C12H10ClFOS/c1-15-10-6-11(16-7-10)12(13)8-2-4-9(14)5-3-8/h2-7,12H,1H3. The Morgan fingerprint density at radius 3 is 2.56 bits per heavy atom. The van der Waals surface area contributed by atoms with Crippen molar-refractivity contribution in [2.24, 2.45) is 0 Å². The van der Waals surface area contributed by atoms with Crippen molar-refractivity contribution in [3.8, 4) is 5.75 Å². The molecule has 1 unspecified atom stereocenters. The number of ether oxygens (including phenoxy) is 1. The van der Waals surface area contributed by atoms with Gasteiger partial charge < -0.3 is 4.74 Å². The summed E-state index contributed by atoms with van der Waals surface area (Å²) >= 11 is 7.82. The van der Waals surface area contributed by atoms with E-state index in [-0.39, 0.29) is 11.2 Å². The van der Waals surface area contributed by atoms with Crippen molar-refractivity contribution in [2.75, 3.05) is 7.11 Å². The predicted octanol–water partition coefficient (Wildman–Crippen LogP) is 4.22. The molecule has 0 bridgehead atoms. The Balaban J connectivity index is 2.24. The average molecular weight is 257 g/mol. The maximum atomic E-state index is 12.8. The lowest BCUT2D eigenvalue weighted by Crippen LogP contribution is -1.90. The number of halogens is 2. The summed E-state index contributed by atoms with van der Waals surface area (Å²) in [5.41, 5.74) is 0.882. The molecule has 0 saturated carbocycles. The molecule has 1 atom stereocenters. The van der Waals surface area contributed by atoms with E-state index in [0.29, 0.717) is 0 Å². The Hall–Kier alpha value is -1.06. The van der Waals surface area contributed by atoms with Crippen molar-refractivity contribution >= 4 is 22.9 Å². The van der Waals surface area contributed by atoms with E-state index in [1.165, 1.54) is 23.5 Å². The fraction of sp³-hybridized carbons (Fsp3) is 0.167. The number of alkyl halides is 1. The first-order valence-electron chi connectivity index (χ1n) is 4.72.